The van der Waals surface area contributed by atoms with Crippen molar-refractivity contribution in [3.63, 3.8) is 0 Å². The van der Waals surface area contributed by atoms with Crippen molar-refractivity contribution in [2.24, 2.45) is 5.92 Å². The fraction of sp³-hybridized carbons (Fsp3) is 0.875. The lowest BCUT2D eigenvalue weighted by Gasteiger charge is -2.22. The molecule has 1 fully saturated rings. The fourth-order valence-electron chi connectivity index (χ4n) is 1.77. The zero-order valence-corrected chi connectivity index (χ0v) is 7.69. The third-order valence-corrected chi connectivity index (χ3v) is 2.56. The van der Waals surface area contributed by atoms with Crippen LogP contribution in [0.1, 0.15) is 19.3 Å². The predicted octanol–water partition coefficient (Wildman–Crippen LogP) is 0.0628. The summed E-state index contributed by atoms with van der Waals surface area (Å²) in [5, 5.41) is 14.4. The summed E-state index contributed by atoms with van der Waals surface area (Å²) in [6.07, 6.45) is 5.50. The van der Waals surface area contributed by atoms with Gasteiger partial charge in [0.1, 0.15) is 6.33 Å². The van der Waals surface area contributed by atoms with Crippen LogP contribution in [-0.2, 0) is 6.54 Å². The van der Waals surface area contributed by atoms with Crippen molar-refractivity contribution in [2.45, 2.75) is 25.8 Å². The van der Waals surface area contributed by atoms with Crippen molar-refractivity contribution in [2.75, 3.05) is 13.1 Å². The van der Waals surface area contributed by atoms with Gasteiger partial charge in [0.15, 0.2) is 0 Å². The summed E-state index contributed by atoms with van der Waals surface area (Å²) in [4.78, 5) is 0. The molecule has 0 radical (unpaired) electrons. The van der Waals surface area contributed by atoms with Crippen LogP contribution < -0.4 is 5.32 Å². The van der Waals surface area contributed by atoms with Crippen molar-refractivity contribution in [1.82, 2.24) is 25.5 Å². The first-order valence-electron chi connectivity index (χ1n) is 4.86. The number of rotatable bonds is 3. The molecule has 1 atom stereocenters. The van der Waals surface area contributed by atoms with Gasteiger partial charge in [0, 0.05) is 6.54 Å². The van der Waals surface area contributed by atoms with Crippen molar-refractivity contribution >= 4 is 0 Å². The van der Waals surface area contributed by atoms with E-state index in [-0.39, 0.29) is 0 Å². The molecule has 0 bridgehead atoms. The van der Waals surface area contributed by atoms with Crippen LogP contribution in [0.2, 0.25) is 0 Å². The number of piperidine rings is 1. The first-order chi connectivity index (χ1) is 6.45. The van der Waals surface area contributed by atoms with Gasteiger partial charge in [-0.25, -0.2) is 4.68 Å². The number of aryl methyl sites for hydroxylation is 1. The second-order valence-electron chi connectivity index (χ2n) is 3.57. The van der Waals surface area contributed by atoms with E-state index in [4.69, 9.17) is 0 Å². The number of aromatic nitrogens is 4. The quantitative estimate of drug-likeness (QED) is 0.716. The van der Waals surface area contributed by atoms with E-state index in [1.165, 1.54) is 25.8 Å². The molecule has 0 amide bonds. The van der Waals surface area contributed by atoms with E-state index in [9.17, 15) is 0 Å². The van der Waals surface area contributed by atoms with Crippen LogP contribution in [0.25, 0.3) is 0 Å². The van der Waals surface area contributed by atoms with Crippen LogP contribution in [0.15, 0.2) is 6.33 Å². The Morgan fingerprint density at radius 1 is 1.54 bits per heavy atom. The summed E-state index contributed by atoms with van der Waals surface area (Å²) < 4.78 is 1.80. The zero-order valence-electron chi connectivity index (χ0n) is 7.69. The summed E-state index contributed by atoms with van der Waals surface area (Å²) in [6.45, 7) is 3.28. The highest BCUT2D eigenvalue weighted by Crippen LogP contribution is 2.14. The molecule has 1 aromatic heterocycles. The van der Waals surface area contributed by atoms with Gasteiger partial charge in [-0.2, -0.15) is 0 Å². The van der Waals surface area contributed by atoms with E-state index in [2.05, 4.69) is 20.8 Å². The standard InChI is InChI=1S/C8H15N5/c1-2-8(6-9-4-1)3-5-13-7-10-11-12-13/h7-9H,1-6H2. The van der Waals surface area contributed by atoms with E-state index >= 15 is 0 Å². The molecular formula is C8H15N5. The van der Waals surface area contributed by atoms with E-state index in [1.807, 2.05) is 0 Å². The Bertz CT molecular complexity index is 227. The molecule has 1 aliphatic rings. The van der Waals surface area contributed by atoms with Crippen LogP contribution in [-0.4, -0.2) is 33.3 Å². The Labute approximate surface area is 77.5 Å². The largest absolute Gasteiger partial charge is 0.316 e. The summed E-state index contributed by atoms with van der Waals surface area (Å²) in [6, 6.07) is 0. The topological polar surface area (TPSA) is 55.6 Å². The molecule has 0 aliphatic carbocycles. The molecule has 1 unspecified atom stereocenters. The highest BCUT2D eigenvalue weighted by Gasteiger charge is 2.12. The number of hydrogen-bond donors (Lipinski definition) is 1. The number of hydrogen-bond acceptors (Lipinski definition) is 4. The molecular weight excluding hydrogens is 166 g/mol. The van der Waals surface area contributed by atoms with Crippen molar-refractivity contribution in [3.05, 3.63) is 6.33 Å². The van der Waals surface area contributed by atoms with Gasteiger partial charge in [-0.05, 0) is 48.7 Å². The molecule has 5 heteroatoms. The molecule has 5 nitrogen and oxygen atoms in total. The van der Waals surface area contributed by atoms with Crippen LogP contribution in [0, 0.1) is 5.92 Å². The van der Waals surface area contributed by atoms with Crippen LogP contribution in [0.3, 0.4) is 0 Å². The van der Waals surface area contributed by atoms with Gasteiger partial charge >= 0.3 is 0 Å². The zero-order chi connectivity index (χ0) is 8.93. The van der Waals surface area contributed by atoms with E-state index in [0.717, 1.165) is 19.0 Å². The van der Waals surface area contributed by atoms with Gasteiger partial charge in [-0.1, -0.05) is 0 Å². The molecule has 1 aliphatic heterocycles. The molecule has 1 aromatic rings. The van der Waals surface area contributed by atoms with Crippen molar-refractivity contribution in [3.8, 4) is 0 Å². The Morgan fingerprint density at radius 3 is 3.23 bits per heavy atom. The third kappa shape index (κ3) is 2.48. The minimum Gasteiger partial charge on any atom is -0.316 e. The average molecular weight is 181 g/mol. The first kappa shape index (κ1) is 8.62. The van der Waals surface area contributed by atoms with E-state index < -0.39 is 0 Å². The number of nitrogens with zero attached hydrogens (tertiary/aromatic N) is 4. The fourth-order valence-corrected chi connectivity index (χ4v) is 1.77. The van der Waals surface area contributed by atoms with Gasteiger partial charge in [-0.15, -0.1) is 5.10 Å². The average Bonchev–Trinajstić information content (AvgIpc) is 2.69. The van der Waals surface area contributed by atoms with Crippen molar-refractivity contribution in [1.29, 1.82) is 0 Å². The Morgan fingerprint density at radius 2 is 2.54 bits per heavy atom. The van der Waals surface area contributed by atoms with Crippen LogP contribution in [0.4, 0.5) is 0 Å². The molecule has 0 saturated carbocycles. The van der Waals surface area contributed by atoms with Gasteiger partial charge < -0.3 is 5.32 Å². The third-order valence-electron chi connectivity index (χ3n) is 2.56. The van der Waals surface area contributed by atoms with E-state index in [1.54, 1.807) is 11.0 Å². The molecule has 72 valence electrons. The minimum absolute atomic E-state index is 0.804. The maximum atomic E-state index is 3.84. The number of tetrazole rings is 1. The Hall–Kier alpha value is -0.970. The molecule has 13 heavy (non-hydrogen) atoms. The molecule has 2 heterocycles. The van der Waals surface area contributed by atoms with Crippen molar-refractivity contribution < 1.29 is 0 Å². The highest BCUT2D eigenvalue weighted by atomic mass is 15.5. The predicted molar refractivity (Wildman–Crippen MR) is 48.0 cm³/mol. The van der Waals surface area contributed by atoms with Gasteiger partial charge in [0.05, 0.1) is 0 Å². The summed E-state index contributed by atoms with van der Waals surface area (Å²) in [5.74, 6) is 0.804. The summed E-state index contributed by atoms with van der Waals surface area (Å²) in [7, 11) is 0. The molecule has 0 spiro atoms. The highest BCUT2D eigenvalue weighted by molar-refractivity contribution is 4.68. The maximum absolute atomic E-state index is 3.84. The van der Waals surface area contributed by atoms with Gasteiger partial charge in [0.2, 0.25) is 0 Å². The normalized spacial score (nSPS) is 23.2. The lowest BCUT2D eigenvalue weighted by atomic mass is 9.96. The summed E-state index contributed by atoms with van der Waals surface area (Å²) in [5.41, 5.74) is 0. The van der Waals surface area contributed by atoms with Crippen LogP contribution in [0.5, 0.6) is 0 Å². The SMILES string of the molecule is c1nnnn1CCC1CCCNC1. The Balaban J connectivity index is 1.72. The number of nitrogens with one attached hydrogen (secondary N) is 1. The minimum atomic E-state index is 0.804. The molecule has 2 rings (SSSR count). The second-order valence-corrected chi connectivity index (χ2v) is 3.57. The lowest BCUT2D eigenvalue weighted by molar-refractivity contribution is 0.334. The van der Waals surface area contributed by atoms with Crippen LogP contribution >= 0.6 is 0 Å². The Kier molecular flexibility index (Phi) is 2.86. The molecule has 1 saturated heterocycles. The molecule has 1 N–H and O–H groups in total. The monoisotopic (exact) mass is 181 g/mol. The van der Waals surface area contributed by atoms with Gasteiger partial charge in [0.25, 0.3) is 0 Å². The van der Waals surface area contributed by atoms with E-state index in [0.29, 0.717) is 0 Å². The molecule has 0 aromatic carbocycles. The maximum Gasteiger partial charge on any atom is 0.138 e. The summed E-state index contributed by atoms with van der Waals surface area (Å²) >= 11 is 0. The smallest absolute Gasteiger partial charge is 0.138 e. The second kappa shape index (κ2) is 4.32. The van der Waals surface area contributed by atoms with Gasteiger partial charge in [-0.3, -0.25) is 0 Å². The first-order valence-corrected chi connectivity index (χ1v) is 4.86. The lowest BCUT2D eigenvalue weighted by Crippen LogP contribution is -2.30.